The maximum Gasteiger partial charge on any atom is 0.330 e. The summed E-state index contributed by atoms with van der Waals surface area (Å²) in [6, 6.07) is 9.79. The van der Waals surface area contributed by atoms with E-state index in [9.17, 15) is 4.79 Å². The third-order valence-electron chi connectivity index (χ3n) is 3.95. The van der Waals surface area contributed by atoms with Crippen molar-refractivity contribution in [1.82, 2.24) is 0 Å². The van der Waals surface area contributed by atoms with Crippen LogP contribution in [-0.4, -0.2) is 12.6 Å². The van der Waals surface area contributed by atoms with Gasteiger partial charge < -0.3 is 4.74 Å². The molecule has 0 aromatic heterocycles. The molecule has 0 bridgehead atoms. The second kappa shape index (κ2) is 14.0. The fourth-order valence-electron chi connectivity index (χ4n) is 2.54. The second-order valence-corrected chi connectivity index (χ2v) is 6.09. The van der Waals surface area contributed by atoms with Gasteiger partial charge in [0, 0.05) is 6.08 Å². The minimum Gasteiger partial charge on any atom is -0.463 e. The number of hydrogen-bond donors (Lipinski definition) is 0. The van der Waals surface area contributed by atoms with Crippen LogP contribution in [0.5, 0.6) is 0 Å². The first-order valence-electron chi connectivity index (χ1n) is 9.23. The van der Waals surface area contributed by atoms with Gasteiger partial charge in [-0.05, 0) is 18.1 Å². The quantitative estimate of drug-likeness (QED) is 0.247. The minimum absolute atomic E-state index is 0.246. The van der Waals surface area contributed by atoms with E-state index >= 15 is 0 Å². The summed E-state index contributed by atoms with van der Waals surface area (Å²) in [5, 5.41) is 0. The normalized spacial score (nSPS) is 11.0. The van der Waals surface area contributed by atoms with Gasteiger partial charge in [0.1, 0.15) is 0 Å². The van der Waals surface area contributed by atoms with Gasteiger partial charge in [0.05, 0.1) is 6.61 Å². The average Bonchev–Trinajstić information content (AvgIpc) is 2.59. The van der Waals surface area contributed by atoms with Crippen LogP contribution < -0.4 is 0 Å². The van der Waals surface area contributed by atoms with Crippen LogP contribution in [0.2, 0.25) is 0 Å². The third-order valence-corrected chi connectivity index (χ3v) is 3.95. The highest BCUT2D eigenvalue weighted by Crippen LogP contribution is 2.10. The maximum atomic E-state index is 11.6. The van der Waals surface area contributed by atoms with E-state index in [0.717, 1.165) is 18.4 Å². The minimum atomic E-state index is -0.246. The van der Waals surface area contributed by atoms with Gasteiger partial charge in [-0.1, -0.05) is 95.0 Å². The molecule has 23 heavy (non-hydrogen) atoms. The molecule has 0 saturated heterocycles. The molecule has 0 amide bonds. The Morgan fingerprint density at radius 3 is 2.04 bits per heavy atom. The van der Waals surface area contributed by atoms with Crippen molar-refractivity contribution in [2.45, 2.75) is 71.1 Å². The number of carbonyl (C=O) groups excluding carboxylic acids is 1. The summed E-state index contributed by atoms with van der Waals surface area (Å²) in [6.45, 7) is 2.79. The number of benzene rings is 1. The van der Waals surface area contributed by atoms with Crippen molar-refractivity contribution in [3.05, 3.63) is 42.0 Å². The lowest BCUT2D eigenvalue weighted by Gasteiger charge is -2.03. The number of esters is 1. The van der Waals surface area contributed by atoms with Gasteiger partial charge in [0.15, 0.2) is 0 Å². The van der Waals surface area contributed by atoms with Gasteiger partial charge >= 0.3 is 5.97 Å². The third kappa shape index (κ3) is 11.6. The van der Waals surface area contributed by atoms with Crippen molar-refractivity contribution in [3.63, 3.8) is 0 Å². The van der Waals surface area contributed by atoms with Crippen LogP contribution in [-0.2, 0) is 9.53 Å². The Hall–Kier alpha value is -1.57. The van der Waals surface area contributed by atoms with Crippen molar-refractivity contribution in [2.75, 3.05) is 6.61 Å². The van der Waals surface area contributed by atoms with Crippen LogP contribution in [0, 0.1) is 0 Å². The SMILES string of the molecule is CCCCCCCCCCCCOC(=O)/C=C/c1ccccc1. The van der Waals surface area contributed by atoms with E-state index in [-0.39, 0.29) is 5.97 Å². The molecule has 0 aliphatic rings. The number of rotatable bonds is 13. The Morgan fingerprint density at radius 1 is 0.870 bits per heavy atom. The summed E-state index contributed by atoms with van der Waals surface area (Å²) in [5.74, 6) is -0.246. The summed E-state index contributed by atoms with van der Waals surface area (Å²) < 4.78 is 5.21. The predicted molar refractivity (Wildman–Crippen MR) is 98.3 cm³/mol. The lowest BCUT2D eigenvalue weighted by molar-refractivity contribution is -0.137. The molecule has 0 unspecified atom stereocenters. The van der Waals surface area contributed by atoms with Crippen LogP contribution in [0.1, 0.15) is 76.7 Å². The first-order valence-corrected chi connectivity index (χ1v) is 9.23. The van der Waals surface area contributed by atoms with E-state index in [1.807, 2.05) is 30.3 Å². The van der Waals surface area contributed by atoms with Crippen molar-refractivity contribution >= 4 is 12.0 Å². The Labute approximate surface area is 141 Å². The Balaban J connectivity index is 1.91. The Kier molecular flexibility index (Phi) is 11.9. The molecule has 0 N–H and O–H groups in total. The Morgan fingerprint density at radius 2 is 1.43 bits per heavy atom. The molecule has 0 radical (unpaired) electrons. The van der Waals surface area contributed by atoms with Gasteiger partial charge in [-0.2, -0.15) is 0 Å². The summed E-state index contributed by atoms with van der Waals surface area (Å²) >= 11 is 0. The standard InChI is InChI=1S/C21H32O2/c1-2-3-4-5-6-7-8-9-10-14-19-23-21(22)18-17-20-15-12-11-13-16-20/h11-13,15-18H,2-10,14,19H2,1H3/b18-17+. The van der Waals surface area contributed by atoms with E-state index in [1.54, 1.807) is 6.08 Å². The zero-order valence-corrected chi connectivity index (χ0v) is 14.6. The topological polar surface area (TPSA) is 26.3 Å². The summed E-state index contributed by atoms with van der Waals surface area (Å²) in [5.41, 5.74) is 1.02. The molecule has 128 valence electrons. The zero-order valence-electron chi connectivity index (χ0n) is 14.6. The summed E-state index contributed by atoms with van der Waals surface area (Å²) in [6.07, 6.45) is 16.2. The highest BCUT2D eigenvalue weighted by molar-refractivity contribution is 5.86. The molecule has 2 nitrogen and oxygen atoms in total. The van der Waals surface area contributed by atoms with E-state index in [2.05, 4.69) is 6.92 Å². The lowest BCUT2D eigenvalue weighted by atomic mass is 10.1. The molecular weight excluding hydrogens is 284 g/mol. The van der Waals surface area contributed by atoms with Crippen molar-refractivity contribution < 1.29 is 9.53 Å². The predicted octanol–water partition coefficient (Wildman–Crippen LogP) is 6.16. The molecular formula is C21H32O2. The van der Waals surface area contributed by atoms with Crippen molar-refractivity contribution in [2.24, 2.45) is 0 Å². The second-order valence-electron chi connectivity index (χ2n) is 6.09. The van der Waals surface area contributed by atoms with Crippen LogP contribution in [0.25, 0.3) is 6.08 Å². The molecule has 0 saturated carbocycles. The Bertz CT molecular complexity index is 423. The molecule has 0 spiro atoms. The highest BCUT2D eigenvalue weighted by Gasteiger charge is 1.97. The smallest absolute Gasteiger partial charge is 0.330 e. The number of hydrogen-bond acceptors (Lipinski definition) is 2. The monoisotopic (exact) mass is 316 g/mol. The average molecular weight is 316 g/mol. The molecule has 0 fully saturated rings. The van der Waals surface area contributed by atoms with Crippen molar-refractivity contribution in [3.8, 4) is 0 Å². The van der Waals surface area contributed by atoms with Gasteiger partial charge in [-0.25, -0.2) is 4.79 Å². The highest BCUT2D eigenvalue weighted by atomic mass is 16.5. The first-order chi connectivity index (χ1) is 11.3. The molecule has 0 aliphatic heterocycles. The van der Waals surface area contributed by atoms with E-state index in [0.29, 0.717) is 6.61 Å². The van der Waals surface area contributed by atoms with Gasteiger partial charge in [0.25, 0.3) is 0 Å². The number of unbranched alkanes of at least 4 members (excludes halogenated alkanes) is 9. The van der Waals surface area contributed by atoms with E-state index < -0.39 is 0 Å². The molecule has 0 aliphatic carbocycles. The molecule has 1 aromatic carbocycles. The van der Waals surface area contributed by atoms with Gasteiger partial charge in [0.2, 0.25) is 0 Å². The number of ether oxygens (including phenoxy) is 1. The van der Waals surface area contributed by atoms with Crippen LogP contribution in [0.3, 0.4) is 0 Å². The lowest BCUT2D eigenvalue weighted by Crippen LogP contribution is -2.02. The molecule has 2 heteroatoms. The number of carbonyl (C=O) groups is 1. The largest absolute Gasteiger partial charge is 0.463 e. The van der Waals surface area contributed by atoms with Crippen LogP contribution >= 0.6 is 0 Å². The van der Waals surface area contributed by atoms with Gasteiger partial charge in [-0.3, -0.25) is 0 Å². The fraction of sp³-hybridized carbons (Fsp3) is 0.571. The van der Waals surface area contributed by atoms with E-state index in [1.165, 1.54) is 57.4 Å². The molecule has 1 rings (SSSR count). The first kappa shape index (κ1) is 19.5. The molecule has 0 atom stereocenters. The molecule has 0 heterocycles. The summed E-state index contributed by atoms with van der Waals surface area (Å²) in [4.78, 5) is 11.6. The van der Waals surface area contributed by atoms with Gasteiger partial charge in [-0.15, -0.1) is 0 Å². The van der Waals surface area contributed by atoms with Crippen LogP contribution in [0.4, 0.5) is 0 Å². The fourth-order valence-corrected chi connectivity index (χ4v) is 2.54. The zero-order chi connectivity index (χ0) is 16.6. The van der Waals surface area contributed by atoms with Crippen LogP contribution in [0.15, 0.2) is 36.4 Å². The summed E-state index contributed by atoms with van der Waals surface area (Å²) in [7, 11) is 0. The molecule has 1 aromatic rings. The maximum absolute atomic E-state index is 11.6. The van der Waals surface area contributed by atoms with E-state index in [4.69, 9.17) is 4.74 Å². The van der Waals surface area contributed by atoms with Crippen molar-refractivity contribution in [1.29, 1.82) is 0 Å².